The van der Waals surface area contributed by atoms with Gasteiger partial charge in [-0.25, -0.2) is 0 Å². The molecule has 0 aliphatic rings. The van der Waals surface area contributed by atoms with E-state index < -0.39 is 0 Å². The summed E-state index contributed by atoms with van der Waals surface area (Å²) in [6, 6.07) is 2.12. The normalized spacial score (nSPS) is 8.75. The van der Waals surface area contributed by atoms with Crippen LogP contribution in [-0.4, -0.2) is 6.91 Å². The van der Waals surface area contributed by atoms with Crippen molar-refractivity contribution < 1.29 is 0 Å². The fraction of sp³-hybridized carbons (Fsp3) is 0.286. The Hall–Kier alpha value is -0.585. The van der Waals surface area contributed by atoms with Crippen molar-refractivity contribution in [2.45, 2.75) is 13.8 Å². The molecule has 1 heteroatoms. The molecule has 0 saturated carbocycles. The van der Waals surface area contributed by atoms with E-state index in [9.17, 15) is 0 Å². The van der Waals surface area contributed by atoms with E-state index in [1.807, 2.05) is 0 Å². The molecular formula is C7H9B. The zero-order valence-corrected chi connectivity index (χ0v) is 5.31. The van der Waals surface area contributed by atoms with Crippen molar-refractivity contribution in [2.24, 2.45) is 0 Å². The topological polar surface area (TPSA) is 0 Å². The van der Waals surface area contributed by atoms with Crippen LogP contribution in [0.2, 0.25) is 0 Å². The molecule has 0 radical (unpaired) electrons. The first-order chi connectivity index (χ1) is 3.80. The summed E-state index contributed by atoms with van der Waals surface area (Å²) in [4.78, 5) is 0. The van der Waals surface area contributed by atoms with Crippen molar-refractivity contribution >= 4 is 6.91 Å². The van der Waals surface area contributed by atoms with Crippen LogP contribution in [0.25, 0.3) is 0 Å². The summed E-state index contributed by atoms with van der Waals surface area (Å²) in [5, 5.41) is 0. The molecule has 0 aliphatic heterocycles. The van der Waals surface area contributed by atoms with Crippen LogP contribution >= 0.6 is 0 Å². The molecule has 0 aliphatic carbocycles. The van der Waals surface area contributed by atoms with Gasteiger partial charge in [-0.05, 0) is 0 Å². The third-order valence-electron chi connectivity index (χ3n) is 1.43. The monoisotopic (exact) mass is 104 g/mol. The van der Waals surface area contributed by atoms with Crippen LogP contribution in [0.15, 0.2) is 18.0 Å². The predicted octanol–water partition coefficient (Wildman–Crippen LogP) is 1.64. The summed E-state index contributed by atoms with van der Waals surface area (Å²) in [6.45, 7) is 6.30. The van der Waals surface area contributed by atoms with E-state index in [4.69, 9.17) is 0 Å². The Labute approximate surface area is 50.8 Å². The van der Waals surface area contributed by atoms with Crippen LogP contribution < -0.4 is 0 Å². The van der Waals surface area contributed by atoms with Crippen LogP contribution in [0, 0.1) is 13.8 Å². The Balaban J connectivity index is 3.13. The summed E-state index contributed by atoms with van der Waals surface area (Å²) < 4.78 is 0. The van der Waals surface area contributed by atoms with Gasteiger partial charge in [0.25, 0.3) is 0 Å². The Bertz CT molecular complexity index is 160. The molecular weight excluding hydrogens is 94.9 g/mol. The van der Waals surface area contributed by atoms with Gasteiger partial charge in [-0.3, -0.25) is 0 Å². The molecule has 1 aromatic heterocycles. The molecule has 1 heterocycles. The van der Waals surface area contributed by atoms with Crippen molar-refractivity contribution in [1.29, 1.82) is 0 Å². The first-order valence-electron chi connectivity index (χ1n) is 2.83. The quantitative estimate of drug-likeness (QED) is 0.469. The van der Waals surface area contributed by atoms with Gasteiger partial charge < -0.3 is 0 Å². The molecule has 0 saturated heterocycles. The van der Waals surface area contributed by atoms with E-state index in [0.29, 0.717) is 0 Å². The zero-order chi connectivity index (χ0) is 5.98. The van der Waals surface area contributed by atoms with Crippen LogP contribution in [0.3, 0.4) is 0 Å². The molecule has 1 rings (SSSR count). The Morgan fingerprint density at radius 1 is 1.25 bits per heavy atom. The number of hydrogen-bond donors (Lipinski definition) is 0. The first-order valence-corrected chi connectivity index (χ1v) is 2.83. The second kappa shape index (κ2) is 2.12. The molecule has 40 valence electrons. The van der Waals surface area contributed by atoms with Gasteiger partial charge in [0.05, 0.1) is 0 Å². The van der Waals surface area contributed by atoms with Gasteiger partial charge in [0.2, 0.25) is 0 Å². The minimum absolute atomic E-state index is 1.37. The second-order valence-corrected chi connectivity index (χ2v) is 2.08. The van der Waals surface area contributed by atoms with Crippen molar-refractivity contribution in [2.75, 3.05) is 0 Å². The van der Waals surface area contributed by atoms with Crippen LogP contribution in [0.4, 0.5) is 0 Å². The molecule has 0 unspecified atom stereocenters. The van der Waals surface area contributed by atoms with Gasteiger partial charge >= 0.3 is 49.9 Å². The molecule has 0 atom stereocenters. The predicted molar refractivity (Wildman–Crippen MR) is 37.3 cm³/mol. The van der Waals surface area contributed by atoms with Gasteiger partial charge in [0.1, 0.15) is 0 Å². The van der Waals surface area contributed by atoms with Crippen molar-refractivity contribution in [3.05, 3.63) is 29.1 Å². The van der Waals surface area contributed by atoms with Gasteiger partial charge in [-0.15, -0.1) is 0 Å². The Kier molecular flexibility index (Phi) is 1.47. The molecule has 0 N–H and O–H groups in total. The Morgan fingerprint density at radius 2 is 2.00 bits per heavy atom. The summed E-state index contributed by atoms with van der Waals surface area (Å²) in [6.07, 6.45) is 0. The van der Waals surface area contributed by atoms with E-state index in [2.05, 4.69) is 38.7 Å². The third kappa shape index (κ3) is 0.973. The van der Waals surface area contributed by atoms with Crippen molar-refractivity contribution in [1.82, 2.24) is 0 Å². The fourth-order valence-corrected chi connectivity index (χ4v) is 0.663. The zero-order valence-electron chi connectivity index (χ0n) is 5.31. The number of hydrogen-bond acceptors (Lipinski definition) is 0. The fourth-order valence-electron chi connectivity index (χ4n) is 0.663. The average Bonchev–Trinajstić information content (AvgIpc) is 1.77. The average molecular weight is 104 g/mol. The third-order valence-corrected chi connectivity index (χ3v) is 1.43. The minimum atomic E-state index is 1.37. The standard InChI is InChI=1S/C7H9B/c1-6-3-4-8-5-7(6)2/h3-5H,1-2H3. The van der Waals surface area contributed by atoms with Crippen molar-refractivity contribution in [3.63, 3.8) is 0 Å². The maximum atomic E-state index is 2.12. The molecule has 0 fully saturated rings. The SMILES string of the molecule is Cc1cbccc1C. The van der Waals surface area contributed by atoms with Crippen LogP contribution in [0.1, 0.15) is 11.1 Å². The summed E-state index contributed by atoms with van der Waals surface area (Å²) in [5.74, 6) is 4.18. The van der Waals surface area contributed by atoms with Gasteiger partial charge in [-0.1, -0.05) is 0 Å². The molecule has 0 bridgehead atoms. The van der Waals surface area contributed by atoms with E-state index in [0.717, 1.165) is 0 Å². The molecule has 8 heavy (non-hydrogen) atoms. The summed E-state index contributed by atoms with van der Waals surface area (Å²) >= 11 is 0. The van der Waals surface area contributed by atoms with E-state index in [1.54, 1.807) is 0 Å². The summed E-state index contributed by atoms with van der Waals surface area (Å²) in [7, 11) is 0. The van der Waals surface area contributed by atoms with Crippen LogP contribution in [0.5, 0.6) is 0 Å². The molecule has 0 spiro atoms. The molecule has 0 amide bonds. The second-order valence-electron chi connectivity index (χ2n) is 2.08. The molecule has 0 nitrogen and oxygen atoms in total. The first kappa shape index (κ1) is 5.55. The molecule has 0 aromatic carbocycles. The number of aryl methyl sites for hydroxylation is 2. The van der Waals surface area contributed by atoms with E-state index in [-0.39, 0.29) is 0 Å². The van der Waals surface area contributed by atoms with Gasteiger partial charge in [0.15, 0.2) is 0 Å². The van der Waals surface area contributed by atoms with E-state index >= 15 is 0 Å². The van der Waals surface area contributed by atoms with Gasteiger partial charge in [0, 0.05) is 0 Å². The maximum absolute atomic E-state index is 2.12. The van der Waals surface area contributed by atoms with Gasteiger partial charge in [-0.2, -0.15) is 0 Å². The summed E-state index contributed by atoms with van der Waals surface area (Å²) in [5.41, 5.74) is 2.74. The van der Waals surface area contributed by atoms with Crippen LogP contribution in [-0.2, 0) is 0 Å². The van der Waals surface area contributed by atoms with E-state index in [1.165, 1.54) is 11.1 Å². The Morgan fingerprint density at radius 3 is 2.38 bits per heavy atom. The number of rotatable bonds is 0. The molecule has 1 aromatic rings. The van der Waals surface area contributed by atoms with Crippen molar-refractivity contribution in [3.8, 4) is 0 Å².